The standard InChI is InChI=1S/C14H26N4O/c1-11-13(12(2)17-16-11)5-8-18(3)10-14(19)6-4-7-15-9-14/h15,19H,4-10H2,1-3H3,(H,16,17)/t14-/m1/s1. The normalized spacial score (nSPS) is 24.1. The zero-order valence-electron chi connectivity index (χ0n) is 12.3. The summed E-state index contributed by atoms with van der Waals surface area (Å²) in [6.07, 6.45) is 2.94. The van der Waals surface area contributed by atoms with Gasteiger partial charge in [-0.15, -0.1) is 0 Å². The first-order chi connectivity index (χ1) is 9.00. The number of piperidine rings is 1. The van der Waals surface area contributed by atoms with Crippen molar-refractivity contribution in [2.24, 2.45) is 0 Å². The molecule has 5 heteroatoms. The summed E-state index contributed by atoms with van der Waals surface area (Å²) in [6, 6.07) is 0. The van der Waals surface area contributed by atoms with Crippen LogP contribution in [-0.4, -0.2) is 59.0 Å². The highest BCUT2D eigenvalue weighted by Gasteiger charge is 2.30. The van der Waals surface area contributed by atoms with Crippen LogP contribution in [0.15, 0.2) is 0 Å². The number of aromatic nitrogens is 2. The first-order valence-corrected chi connectivity index (χ1v) is 7.12. The van der Waals surface area contributed by atoms with Crippen LogP contribution < -0.4 is 5.32 Å². The van der Waals surface area contributed by atoms with Crippen molar-refractivity contribution in [1.29, 1.82) is 0 Å². The first kappa shape index (κ1) is 14.5. The third-order valence-corrected chi connectivity index (χ3v) is 4.04. The lowest BCUT2D eigenvalue weighted by molar-refractivity contribution is -0.00936. The van der Waals surface area contributed by atoms with E-state index in [1.54, 1.807) is 0 Å². The molecule has 0 amide bonds. The van der Waals surface area contributed by atoms with Crippen LogP contribution in [0.2, 0.25) is 0 Å². The molecule has 1 aromatic rings. The van der Waals surface area contributed by atoms with Gasteiger partial charge in [0.25, 0.3) is 0 Å². The van der Waals surface area contributed by atoms with E-state index in [1.807, 2.05) is 6.92 Å². The lowest BCUT2D eigenvalue weighted by Gasteiger charge is -2.36. The minimum absolute atomic E-state index is 0.562. The van der Waals surface area contributed by atoms with Gasteiger partial charge in [0.05, 0.1) is 11.3 Å². The maximum Gasteiger partial charge on any atom is 0.0897 e. The summed E-state index contributed by atoms with van der Waals surface area (Å²) in [5, 5.41) is 21.0. The SMILES string of the molecule is Cc1n[nH]c(C)c1CCN(C)C[C@@]1(O)CCCNC1. The Hall–Kier alpha value is -0.910. The molecule has 1 aliphatic rings. The summed E-state index contributed by atoms with van der Waals surface area (Å²) in [7, 11) is 2.08. The maximum absolute atomic E-state index is 10.5. The Balaban J connectivity index is 1.83. The number of likely N-dealkylation sites (N-methyl/N-ethyl adjacent to an activating group) is 1. The van der Waals surface area contributed by atoms with Gasteiger partial charge in [0.2, 0.25) is 0 Å². The average Bonchev–Trinajstić information content (AvgIpc) is 2.67. The van der Waals surface area contributed by atoms with Crippen LogP contribution >= 0.6 is 0 Å². The number of aryl methyl sites for hydroxylation is 2. The molecule has 0 aromatic carbocycles. The molecule has 1 saturated heterocycles. The molecular weight excluding hydrogens is 240 g/mol. The van der Waals surface area contributed by atoms with Crippen LogP contribution in [0.5, 0.6) is 0 Å². The Morgan fingerprint density at radius 1 is 1.42 bits per heavy atom. The molecule has 2 rings (SSSR count). The van der Waals surface area contributed by atoms with Gasteiger partial charge in [-0.05, 0) is 52.3 Å². The molecule has 1 aliphatic heterocycles. The number of rotatable bonds is 5. The second kappa shape index (κ2) is 6.03. The van der Waals surface area contributed by atoms with Crippen molar-refractivity contribution in [3.8, 4) is 0 Å². The van der Waals surface area contributed by atoms with E-state index in [9.17, 15) is 5.11 Å². The molecule has 2 heterocycles. The second-order valence-corrected chi connectivity index (χ2v) is 5.91. The molecule has 0 radical (unpaired) electrons. The van der Waals surface area contributed by atoms with Crippen LogP contribution in [0.1, 0.15) is 29.8 Å². The monoisotopic (exact) mass is 266 g/mol. The Morgan fingerprint density at radius 2 is 2.21 bits per heavy atom. The number of β-amino-alcohol motifs (C(OH)–C–C–N with tert-alkyl or cyclic N) is 1. The highest BCUT2D eigenvalue weighted by molar-refractivity contribution is 5.23. The predicted octanol–water partition coefficient (Wildman–Crippen LogP) is 0.615. The third-order valence-electron chi connectivity index (χ3n) is 4.04. The van der Waals surface area contributed by atoms with E-state index in [0.717, 1.165) is 50.3 Å². The zero-order valence-corrected chi connectivity index (χ0v) is 12.3. The van der Waals surface area contributed by atoms with Gasteiger partial charge < -0.3 is 15.3 Å². The minimum Gasteiger partial charge on any atom is -0.387 e. The van der Waals surface area contributed by atoms with Crippen LogP contribution in [0.3, 0.4) is 0 Å². The van der Waals surface area contributed by atoms with Gasteiger partial charge >= 0.3 is 0 Å². The molecule has 0 unspecified atom stereocenters. The third kappa shape index (κ3) is 3.78. The number of aromatic amines is 1. The van der Waals surface area contributed by atoms with E-state index in [1.165, 1.54) is 5.56 Å². The van der Waals surface area contributed by atoms with Crippen molar-refractivity contribution < 1.29 is 5.11 Å². The fraction of sp³-hybridized carbons (Fsp3) is 0.786. The van der Waals surface area contributed by atoms with E-state index in [2.05, 4.69) is 34.4 Å². The molecule has 0 bridgehead atoms. The van der Waals surface area contributed by atoms with Crippen LogP contribution in [0.4, 0.5) is 0 Å². The number of aliphatic hydroxyl groups is 1. The minimum atomic E-state index is -0.562. The molecule has 108 valence electrons. The van der Waals surface area contributed by atoms with Crippen molar-refractivity contribution in [3.63, 3.8) is 0 Å². The van der Waals surface area contributed by atoms with Gasteiger partial charge in [0.15, 0.2) is 0 Å². The molecule has 1 fully saturated rings. The molecule has 0 aliphatic carbocycles. The van der Waals surface area contributed by atoms with Gasteiger partial charge in [0, 0.05) is 25.3 Å². The lowest BCUT2D eigenvalue weighted by atomic mass is 9.93. The highest BCUT2D eigenvalue weighted by atomic mass is 16.3. The Kier molecular flexibility index (Phi) is 4.60. The molecule has 3 N–H and O–H groups in total. The summed E-state index contributed by atoms with van der Waals surface area (Å²) in [5.74, 6) is 0. The quantitative estimate of drug-likeness (QED) is 0.731. The number of nitrogens with one attached hydrogen (secondary N) is 2. The molecule has 0 saturated carbocycles. The van der Waals surface area contributed by atoms with E-state index in [-0.39, 0.29) is 0 Å². The van der Waals surface area contributed by atoms with Gasteiger partial charge in [-0.3, -0.25) is 5.10 Å². The van der Waals surface area contributed by atoms with Crippen molar-refractivity contribution in [1.82, 2.24) is 20.4 Å². The number of H-pyrrole nitrogens is 1. The Morgan fingerprint density at radius 3 is 2.79 bits per heavy atom. The van der Waals surface area contributed by atoms with E-state index in [0.29, 0.717) is 6.54 Å². The Bertz CT molecular complexity index is 390. The van der Waals surface area contributed by atoms with Crippen LogP contribution in [0, 0.1) is 13.8 Å². The zero-order chi connectivity index (χ0) is 13.9. The van der Waals surface area contributed by atoms with Gasteiger partial charge in [-0.1, -0.05) is 0 Å². The fourth-order valence-corrected chi connectivity index (χ4v) is 2.91. The summed E-state index contributed by atoms with van der Waals surface area (Å²) in [5.41, 5.74) is 2.99. The molecule has 1 atom stereocenters. The van der Waals surface area contributed by atoms with E-state index >= 15 is 0 Å². The summed E-state index contributed by atoms with van der Waals surface area (Å²) in [6.45, 7) is 7.52. The summed E-state index contributed by atoms with van der Waals surface area (Å²) in [4.78, 5) is 2.22. The lowest BCUT2D eigenvalue weighted by Crippen LogP contribution is -2.52. The van der Waals surface area contributed by atoms with Gasteiger partial charge in [-0.25, -0.2) is 0 Å². The molecule has 1 aromatic heterocycles. The van der Waals surface area contributed by atoms with E-state index in [4.69, 9.17) is 0 Å². The molecule has 19 heavy (non-hydrogen) atoms. The maximum atomic E-state index is 10.5. The summed E-state index contributed by atoms with van der Waals surface area (Å²) < 4.78 is 0. The molecule has 0 spiro atoms. The second-order valence-electron chi connectivity index (χ2n) is 5.91. The predicted molar refractivity (Wildman–Crippen MR) is 76.3 cm³/mol. The largest absolute Gasteiger partial charge is 0.387 e. The first-order valence-electron chi connectivity index (χ1n) is 7.12. The van der Waals surface area contributed by atoms with Crippen molar-refractivity contribution >= 4 is 0 Å². The number of hydrogen-bond donors (Lipinski definition) is 3. The van der Waals surface area contributed by atoms with Gasteiger partial charge in [-0.2, -0.15) is 5.10 Å². The van der Waals surface area contributed by atoms with Crippen LogP contribution in [0.25, 0.3) is 0 Å². The number of hydrogen-bond acceptors (Lipinski definition) is 4. The van der Waals surface area contributed by atoms with Crippen molar-refractivity contribution in [2.45, 2.75) is 38.7 Å². The number of nitrogens with zero attached hydrogens (tertiary/aromatic N) is 2. The highest BCUT2D eigenvalue weighted by Crippen LogP contribution is 2.17. The Labute approximate surface area is 115 Å². The average molecular weight is 266 g/mol. The smallest absolute Gasteiger partial charge is 0.0897 e. The topological polar surface area (TPSA) is 64.2 Å². The fourth-order valence-electron chi connectivity index (χ4n) is 2.91. The van der Waals surface area contributed by atoms with Crippen LogP contribution in [-0.2, 0) is 6.42 Å². The van der Waals surface area contributed by atoms with Crippen molar-refractivity contribution in [2.75, 3.05) is 33.2 Å². The molecule has 5 nitrogen and oxygen atoms in total. The van der Waals surface area contributed by atoms with Crippen molar-refractivity contribution in [3.05, 3.63) is 17.0 Å². The summed E-state index contributed by atoms with van der Waals surface area (Å²) >= 11 is 0. The van der Waals surface area contributed by atoms with Gasteiger partial charge in [0.1, 0.15) is 0 Å². The van der Waals surface area contributed by atoms with E-state index < -0.39 is 5.60 Å². The molecular formula is C14H26N4O.